The van der Waals surface area contributed by atoms with Crippen LogP contribution in [-0.4, -0.2) is 5.97 Å². The maximum Gasteiger partial charge on any atom is 0.310 e. The van der Waals surface area contributed by atoms with Crippen LogP contribution < -0.4 is 4.74 Å². The predicted molar refractivity (Wildman–Crippen MR) is 65.5 cm³/mol. The monoisotopic (exact) mass is 384 g/mol. The van der Waals surface area contributed by atoms with Gasteiger partial charge in [-0.3, -0.25) is 4.79 Å². The number of esters is 1. The Morgan fingerprint density at radius 2 is 1.93 bits per heavy atom. The Morgan fingerprint density at radius 1 is 1.29 bits per heavy atom. The number of hydrogen-bond acceptors (Lipinski definition) is 2. The summed E-state index contributed by atoms with van der Waals surface area (Å²) in [5.74, 6) is 0.270. The van der Waals surface area contributed by atoms with Crippen LogP contribution in [0.4, 0.5) is 0 Å². The average Bonchev–Trinajstić information content (AvgIpc) is 2.19. The lowest BCUT2D eigenvalue weighted by atomic mass is 10.3. The molecule has 0 saturated heterocycles. The highest BCUT2D eigenvalue weighted by molar-refractivity contribution is 9.14. The summed E-state index contributed by atoms with van der Waals surface area (Å²) in [5, 5.41) is 0. The number of halogens is 3. The molecule has 0 aromatic heterocycles. The van der Waals surface area contributed by atoms with Gasteiger partial charge in [-0.05, 0) is 59.9 Å². The Labute approximate surface area is 107 Å². The highest BCUT2D eigenvalue weighted by Crippen LogP contribution is 2.37. The van der Waals surface area contributed by atoms with Gasteiger partial charge in [0.05, 0.1) is 4.47 Å². The maximum atomic E-state index is 11.1. The summed E-state index contributed by atoms with van der Waals surface area (Å²) in [7, 11) is 0. The molecule has 0 fully saturated rings. The quantitative estimate of drug-likeness (QED) is 0.430. The van der Waals surface area contributed by atoms with Gasteiger partial charge in [0.1, 0.15) is 5.75 Å². The van der Waals surface area contributed by atoms with Crippen LogP contribution in [0.15, 0.2) is 25.6 Å². The first kappa shape index (κ1) is 12.2. The van der Waals surface area contributed by atoms with E-state index in [1.54, 1.807) is 13.0 Å². The molecule has 14 heavy (non-hydrogen) atoms. The van der Waals surface area contributed by atoms with Gasteiger partial charge in [0.25, 0.3) is 0 Å². The molecular formula is C9H7Br3O2. The smallest absolute Gasteiger partial charge is 0.310 e. The zero-order valence-electron chi connectivity index (χ0n) is 7.31. The van der Waals surface area contributed by atoms with Gasteiger partial charge in [-0.1, -0.05) is 6.92 Å². The zero-order valence-corrected chi connectivity index (χ0v) is 12.1. The summed E-state index contributed by atoms with van der Waals surface area (Å²) in [6.07, 6.45) is 0.361. The Kier molecular flexibility index (Phi) is 4.60. The largest absolute Gasteiger partial charge is 0.425 e. The summed E-state index contributed by atoms with van der Waals surface area (Å²) in [4.78, 5) is 11.1. The van der Waals surface area contributed by atoms with Crippen LogP contribution in [0.25, 0.3) is 0 Å². The minimum absolute atomic E-state index is 0.250. The summed E-state index contributed by atoms with van der Waals surface area (Å²) >= 11 is 10.0. The van der Waals surface area contributed by atoms with Crippen LogP contribution in [-0.2, 0) is 4.79 Å². The number of rotatable bonds is 2. The van der Waals surface area contributed by atoms with Crippen molar-refractivity contribution in [3.63, 3.8) is 0 Å². The molecule has 2 nitrogen and oxygen atoms in total. The lowest BCUT2D eigenvalue weighted by Gasteiger charge is -2.07. The Balaban J connectivity index is 3.00. The summed E-state index contributed by atoms with van der Waals surface area (Å²) in [5.41, 5.74) is 0. The van der Waals surface area contributed by atoms with E-state index in [0.717, 1.165) is 13.4 Å². The maximum absolute atomic E-state index is 11.1. The van der Waals surface area contributed by atoms with Gasteiger partial charge in [-0.25, -0.2) is 0 Å². The Morgan fingerprint density at radius 3 is 2.50 bits per heavy atom. The molecule has 0 saturated carbocycles. The van der Waals surface area contributed by atoms with Crippen LogP contribution in [0.1, 0.15) is 13.3 Å². The second-order valence-corrected chi connectivity index (χ2v) is 4.94. The summed E-state index contributed by atoms with van der Waals surface area (Å²) in [6, 6.07) is 3.54. The topological polar surface area (TPSA) is 26.3 Å². The van der Waals surface area contributed by atoms with Gasteiger partial charge >= 0.3 is 5.97 Å². The summed E-state index contributed by atoms with van der Waals surface area (Å²) < 4.78 is 7.56. The molecule has 0 radical (unpaired) electrons. The first-order valence-electron chi connectivity index (χ1n) is 3.90. The van der Waals surface area contributed by atoms with Crippen LogP contribution in [0.2, 0.25) is 0 Å². The van der Waals surface area contributed by atoms with Gasteiger partial charge in [-0.2, -0.15) is 0 Å². The van der Waals surface area contributed by atoms with Crippen molar-refractivity contribution >= 4 is 53.8 Å². The van der Waals surface area contributed by atoms with Gasteiger partial charge in [0.15, 0.2) is 0 Å². The van der Waals surface area contributed by atoms with E-state index in [4.69, 9.17) is 4.74 Å². The van der Waals surface area contributed by atoms with E-state index in [9.17, 15) is 4.79 Å². The predicted octanol–water partition coefficient (Wildman–Crippen LogP) is 4.29. The minimum Gasteiger partial charge on any atom is -0.425 e. The van der Waals surface area contributed by atoms with Crippen LogP contribution in [0.3, 0.4) is 0 Å². The molecule has 1 aromatic rings. The molecule has 0 aliphatic heterocycles. The molecule has 5 heteroatoms. The van der Waals surface area contributed by atoms with Crippen molar-refractivity contribution in [3.8, 4) is 5.75 Å². The van der Waals surface area contributed by atoms with Gasteiger partial charge in [-0.15, -0.1) is 0 Å². The molecule has 0 atom stereocenters. The van der Waals surface area contributed by atoms with Crippen molar-refractivity contribution in [1.82, 2.24) is 0 Å². The number of hydrogen-bond donors (Lipinski definition) is 0. The molecule has 1 aromatic carbocycles. The second-order valence-electron chi connectivity index (χ2n) is 2.50. The molecule has 0 bridgehead atoms. The summed E-state index contributed by atoms with van der Waals surface area (Å²) in [6.45, 7) is 1.75. The molecule has 0 spiro atoms. The van der Waals surface area contributed by atoms with Crippen LogP contribution in [0, 0.1) is 0 Å². The standard InChI is InChI=1S/C9H7Br3O2/c1-2-7(13)14-6-4-3-5(10)8(11)9(6)12/h3-4H,2H2,1H3. The van der Waals surface area contributed by atoms with Gasteiger partial charge < -0.3 is 4.74 Å². The third-order valence-electron chi connectivity index (χ3n) is 1.51. The molecule has 0 aliphatic rings. The molecular weight excluding hydrogens is 380 g/mol. The van der Waals surface area contributed by atoms with Crippen LogP contribution >= 0.6 is 47.8 Å². The van der Waals surface area contributed by atoms with E-state index in [0.29, 0.717) is 12.2 Å². The van der Waals surface area contributed by atoms with Crippen molar-refractivity contribution in [1.29, 1.82) is 0 Å². The zero-order chi connectivity index (χ0) is 10.7. The Bertz CT molecular complexity index is 363. The van der Waals surface area contributed by atoms with Gasteiger partial charge in [0.2, 0.25) is 0 Å². The van der Waals surface area contributed by atoms with Crippen molar-refractivity contribution < 1.29 is 9.53 Å². The van der Waals surface area contributed by atoms with E-state index in [1.165, 1.54) is 0 Å². The molecule has 0 amide bonds. The van der Waals surface area contributed by atoms with E-state index < -0.39 is 0 Å². The molecule has 76 valence electrons. The van der Waals surface area contributed by atoms with Crippen molar-refractivity contribution in [3.05, 3.63) is 25.6 Å². The first-order chi connectivity index (χ1) is 6.56. The number of carbonyl (C=O) groups is 1. The van der Waals surface area contributed by atoms with E-state index in [-0.39, 0.29) is 5.97 Å². The lowest BCUT2D eigenvalue weighted by molar-refractivity contribution is -0.134. The Hall–Kier alpha value is 0.130. The van der Waals surface area contributed by atoms with Gasteiger partial charge in [0, 0.05) is 15.4 Å². The molecule has 0 N–H and O–H groups in total. The lowest BCUT2D eigenvalue weighted by Crippen LogP contribution is -2.05. The molecule has 1 rings (SSSR count). The van der Waals surface area contributed by atoms with Crippen molar-refractivity contribution in [2.75, 3.05) is 0 Å². The molecule has 0 heterocycles. The fraction of sp³-hybridized carbons (Fsp3) is 0.222. The van der Waals surface area contributed by atoms with E-state index in [1.807, 2.05) is 6.07 Å². The van der Waals surface area contributed by atoms with Crippen molar-refractivity contribution in [2.45, 2.75) is 13.3 Å². The average molecular weight is 387 g/mol. The SMILES string of the molecule is CCC(=O)Oc1ccc(Br)c(Br)c1Br. The normalized spacial score (nSPS) is 10.0. The van der Waals surface area contributed by atoms with E-state index >= 15 is 0 Å². The molecule has 0 aliphatic carbocycles. The minimum atomic E-state index is -0.250. The third-order valence-corrected chi connectivity index (χ3v) is 4.85. The van der Waals surface area contributed by atoms with E-state index in [2.05, 4.69) is 47.8 Å². The fourth-order valence-corrected chi connectivity index (χ4v) is 2.13. The molecule has 0 unspecified atom stereocenters. The third kappa shape index (κ3) is 2.81. The highest BCUT2D eigenvalue weighted by Gasteiger charge is 2.10. The first-order valence-corrected chi connectivity index (χ1v) is 6.28. The van der Waals surface area contributed by atoms with Crippen molar-refractivity contribution in [2.24, 2.45) is 0 Å². The number of benzene rings is 1. The number of ether oxygens (including phenoxy) is 1. The highest BCUT2D eigenvalue weighted by atomic mass is 79.9. The second kappa shape index (κ2) is 5.28. The van der Waals surface area contributed by atoms with Crippen LogP contribution in [0.5, 0.6) is 5.75 Å². The number of carbonyl (C=O) groups excluding carboxylic acids is 1. The fourth-order valence-electron chi connectivity index (χ4n) is 0.782.